The van der Waals surface area contributed by atoms with E-state index >= 15 is 0 Å². The van der Waals surface area contributed by atoms with Crippen LogP contribution in [0.5, 0.6) is 11.5 Å². The Morgan fingerprint density at radius 1 is 0.830 bits per heavy atom. The van der Waals surface area contributed by atoms with Crippen LogP contribution in [0.3, 0.4) is 0 Å². The van der Waals surface area contributed by atoms with Gasteiger partial charge in [0.2, 0.25) is 0 Å². The first-order chi connectivity index (χ1) is 22.2. The van der Waals surface area contributed by atoms with Crippen LogP contribution in [-0.4, -0.2) is 30.4 Å². The summed E-state index contributed by atoms with van der Waals surface area (Å²) in [6, 6.07) is 24.4. The summed E-state index contributed by atoms with van der Waals surface area (Å²) in [5.41, 5.74) is 2.78. The maximum absolute atomic E-state index is 12.9. The quantitative estimate of drug-likeness (QED) is 0.0708. The summed E-state index contributed by atoms with van der Waals surface area (Å²) in [4.78, 5) is 0.913. The van der Waals surface area contributed by atoms with Crippen molar-refractivity contribution in [1.29, 1.82) is 0 Å². The fourth-order valence-electron chi connectivity index (χ4n) is 5.09. The van der Waals surface area contributed by atoms with Gasteiger partial charge in [-0.2, -0.15) is 20.2 Å². The molecule has 0 spiro atoms. The van der Waals surface area contributed by atoms with Gasteiger partial charge in [0.1, 0.15) is 16.7 Å². The third-order valence-corrected chi connectivity index (χ3v) is 10.9. The molecule has 0 aliphatic carbocycles. The second-order valence-electron chi connectivity index (χ2n) is 11.2. The molecule has 6 nitrogen and oxygen atoms in total. The maximum atomic E-state index is 12.9. The molecule has 0 saturated carbocycles. The number of rotatable bonds is 18. The third-order valence-electron chi connectivity index (χ3n) is 7.64. The number of aliphatic hydroxyl groups excluding tert-OH is 1. The van der Waals surface area contributed by atoms with Gasteiger partial charge in [0, 0.05) is 15.5 Å². The van der Waals surface area contributed by atoms with Crippen molar-refractivity contribution in [3.05, 3.63) is 102 Å². The number of hydrogen-bond acceptors (Lipinski definition) is 7. The molecule has 0 fully saturated rings. The van der Waals surface area contributed by atoms with Gasteiger partial charge >= 0.3 is 29.6 Å². The largest absolute Gasteiger partial charge is 1.00 e. The topological polar surface area (TPSA) is 107 Å². The normalized spacial score (nSPS) is 12.0. The van der Waals surface area contributed by atoms with E-state index in [0.717, 1.165) is 47.0 Å². The predicted octanol–water partition coefficient (Wildman–Crippen LogP) is 6.29. The molecule has 1 atom stereocenters. The summed E-state index contributed by atoms with van der Waals surface area (Å²) in [6.45, 7) is 4.94. The summed E-state index contributed by atoms with van der Waals surface area (Å²) in [7, 11) is -4.58. The third kappa shape index (κ3) is 11.9. The SMILES string of the molecule is CCCCCCCSCc1ccc([O-])c(C(O)c2ccccc2-c2ccc(Sc3ccc(OCCCC)cc3)c(S(=O)(=O)O)c2)c1.[Na+]. The van der Waals surface area contributed by atoms with Gasteiger partial charge in [-0.25, -0.2) is 0 Å². The van der Waals surface area contributed by atoms with E-state index in [1.54, 1.807) is 42.5 Å². The number of ether oxygens (including phenoxy) is 1. The molecular weight excluding hydrogens is 660 g/mol. The minimum absolute atomic E-state index is 0. The Morgan fingerprint density at radius 2 is 1.55 bits per heavy atom. The molecule has 4 aromatic rings. The molecule has 246 valence electrons. The first-order valence-electron chi connectivity index (χ1n) is 15.9. The van der Waals surface area contributed by atoms with E-state index in [4.69, 9.17) is 4.74 Å². The smallest absolute Gasteiger partial charge is 0.872 e. The van der Waals surface area contributed by atoms with Crippen LogP contribution in [0.15, 0.2) is 99.6 Å². The molecule has 4 aromatic carbocycles. The van der Waals surface area contributed by atoms with Crippen molar-refractivity contribution in [3.63, 3.8) is 0 Å². The van der Waals surface area contributed by atoms with Gasteiger partial charge in [0.25, 0.3) is 10.1 Å². The molecule has 10 heteroatoms. The number of unbranched alkanes of at least 4 members (excludes halogenated alkanes) is 5. The van der Waals surface area contributed by atoms with Crippen LogP contribution in [0.2, 0.25) is 0 Å². The van der Waals surface area contributed by atoms with Gasteiger partial charge in [0.15, 0.2) is 0 Å². The van der Waals surface area contributed by atoms with Crippen LogP contribution in [0, 0.1) is 0 Å². The number of benzene rings is 4. The standard InChI is InChI=1S/C37H44O6S3.Na/c1-3-5-7-8-11-23-44-26-27-14-20-34(38)33(24-27)37(39)32-13-10-9-12-31(32)28-15-21-35(36(25-28)46(40,41)42)45-30-18-16-29(17-19-30)43-22-6-4-2;/h9-10,12-21,24-25,37-39H,3-8,11,22-23,26H2,1-2H3,(H,40,41,42);/q;+1/p-1. The Balaban J connectivity index is 0.00000600. The maximum Gasteiger partial charge on any atom is 1.00 e. The molecule has 0 aliphatic rings. The van der Waals surface area contributed by atoms with Crippen LogP contribution >= 0.6 is 23.5 Å². The first kappa shape index (κ1) is 39.5. The summed E-state index contributed by atoms with van der Waals surface area (Å²) in [5.74, 6) is 2.28. The van der Waals surface area contributed by atoms with Crippen LogP contribution in [-0.2, 0) is 15.9 Å². The summed E-state index contributed by atoms with van der Waals surface area (Å²) in [6.07, 6.45) is 6.92. The van der Waals surface area contributed by atoms with E-state index in [0.29, 0.717) is 28.2 Å². The average molecular weight is 703 g/mol. The number of aliphatic hydroxyl groups is 1. The summed E-state index contributed by atoms with van der Waals surface area (Å²) < 4.78 is 41.0. The van der Waals surface area contributed by atoms with Crippen molar-refractivity contribution in [2.24, 2.45) is 0 Å². The van der Waals surface area contributed by atoms with E-state index in [-0.39, 0.29) is 45.8 Å². The molecule has 0 saturated heterocycles. The molecule has 0 bridgehead atoms. The Morgan fingerprint density at radius 3 is 2.28 bits per heavy atom. The molecule has 1 unspecified atom stereocenters. The monoisotopic (exact) mass is 702 g/mol. The van der Waals surface area contributed by atoms with E-state index in [1.807, 2.05) is 42.1 Å². The van der Waals surface area contributed by atoms with Gasteiger partial charge < -0.3 is 14.9 Å². The zero-order valence-electron chi connectivity index (χ0n) is 27.5. The van der Waals surface area contributed by atoms with Crippen LogP contribution in [0.4, 0.5) is 0 Å². The fraction of sp³-hybridized carbons (Fsp3) is 0.351. The Labute approximate surface area is 310 Å². The zero-order valence-corrected chi connectivity index (χ0v) is 31.9. The van der Waals surface area contributed by atoms with Crippen LogP contribution < -0.4 is 39.4 Å². The van der Waals surface area contributed by atoms with Crippen molar-refractivity contribution in [1.82, 2.24) is 0 Å². The van der Waals surface area contributed by atoms with E-state index < -0.39 is 16.2 Å². The molecule has 0 amide bonds. The zero-order chi connectivity index (χ0) is 32.9. The van der Waals surface area contributed by atoms with Crippen LogP contribution in [0.25, 0.3) is 11.1 Å². The number of hydrogen-bond donors (Lipinski definition) is 2. The molecule has 4 rings (SSSR count). The van der Waals surface area contributed by atoms with Crippen LogP contribution in [0.1, 0.15) is 81.6 Å². The van der Waals surface area contributed by atoms with Gasteiger partial charge in [-0.3, -0.25) is 4.55 Å². The predicted molar refractivity (Wildman–Crippen MR) is 188 cm³/mol. The van der Waals surface area contributed by atoms with Gasteiger partial charge in [0.05, 0.1) is 6.61 Å². The van der Waals surface area contributed by atoms with Crippen molar-refractivity contribution < 1.29 is 57.5 Å². The van der Waals surface area contributed by atoms with Crippen molar-refractivity contribution >= 4 is 33.6 Å². The molecule has 0 aliphatic heterocycles. The summed E-state index contributed by atoms with van der Waals surface area (Å²) in [5, 5.41) is 24.4. The Bertz CT molecular complexity index is 1660. The van der Waals surface area contributed by atoms with Crippen molar-refractivity contribution in [3.8, 4) is 22.6 Å². The Kier molecular flexibility index (Phi) is 16.7. The number of thioether (sulfide) groups is 1. The molecule has 0 heterocycles. The van der Waals surface area contributed by atoms with E-state index in [9.17, 15) is 23.2 Å². The second kappa shape index (κ2) is 19.9. The van der Waals surface area contributed by atoms with Crippen molar-refractivity contribution in [2.75, 3.05) is 12.4 Å². The first-order valence-corrected chi connectivity index (χ1v) is 19.3. The molecule has 2 N–H and O–H groups in total. The van der Waals surface area contributed by atoms with Gasteiger partial charge in [-0.05, 0) is 82.8 Å². The summed E-state index contributed by atoms with van der Waals surface area (Å²) >= 11 is 3.04. The Hall–Kier alpha value is -1.95. The molecule has 0 radical (unpaired) electrons. The van der Waals surface area contributed by atoms with E-state index in [1.165, 1.54) is 49.6 Å². The second-order valence-corrected chi connectivity index (χ2v) is 14.9. The molecular formula is C37H43NaO6S3. The van der Waals surface area contributed by atoms with Crippen molar-refractivity contribution in [2.45, 2.75) is 85.3 Å². The molecule has 47 heavy (non-hydrogen) atoms. The van der Waals surface area contributed by atoms with Gasteiger partial charge in [-0.1, -0.05) is 106 Å². The fourth-order valence-corrected chi connectivity index (χ4v) is 7.92. The molecule has 0 aromatic heterocycles. The van der Waals surface area contributed by atoms with Gasteiger partial charge in [-0.15, -0.1) is 5.75 Å². The minimum Gasteiger partial charge on any atom is -0.872 e. The van der Waals surface area contributed by atoms with E-state index in [2.05, 4.69) is 13.8 Å². The average Bonchev–Trinajstić information content (AvgIpc) is 3.05. The minimum atomic E-state index is -4.58.